The minimum atomic E-state index is -0.203. The zero-order valence-corrected chi connectivity index (χ0v) is 40.6. The highest BCUT2D eigenvalue weighted by Crippen LogP contribution is 2.33. The molecule has 2 aromatic rings. The lowest BCUT2D eigenvalue weighted by Crippen LogP contribution is -2.14. The summed E-state index contributed by atoms with van der Waals surface area (Å²) in [5, 5.41) is 0. The molecule has 0 aliphatic heterocycles. The van der Waals surface area contributed by atoms with Gasteiger partial charge in [-0.2, -0.15) is 0 Å². The standard InChI is InChI=1S/C56H90O6/c1-7-9-11-13-15-17-19-21-23-25-27-29-31-33-35-37-55(57)61-51-41-39-49(45-53(51)59-5)43-47(3)48(4)44-50-40-42-52(54(46-50)60-6)62-56(58)38-36-34-32-30-28-26-24-22-20-18-16-14-12-10-8-2/h21-24,39-42,45-48H,7-20,25-38,43-44H2,1-6H3/b23-21-,24-22-/t47-,48+. The second kappa shape index (κ2) is 36.9. The van der Waals surface area contributed by atoms with E-state index in [0.717, 1.165) is 75.3 Å². The van der Waals surface area contributed by atoms with Crippen molar-refractivity contribution in [2.75, 3.05) is 14.2 Å². The number of carbonyl (C=O) groups excluding carboxylic acids is 2. The summed E-state index contributed by atoms with van der Waals surface area (Å²) >= 11 is 0. The minimum absolute atomic E-state index is 0.203. The molecule has 0 saturated heterocycles. The highest BCUT2D eigenvalue weighted by atomic mass is 16.6. The van der Waals surface area contributed by atoms with Crippen molar-refractivity contribution >= 4 is 11.9 Å². The molecule has 2 aromatic carbocycles. The number of allylic oxidation sites excluding steroid dienone is 4. The van der Waals surface area contributed by atoms with Gasteiger partial charge in [-0.25, -0.2) is 0 Å². The van der Waals surface area contributed by atoms with Crippen molar-refractivity contribution in [2.24, 2.45) is 11.8 Å². The fourth-order valence-corrected chi connectivity index (χ4v) is 8.02. The predicted octanol–water partition coefficient (Wildman–Crippen LogP) is 16.6. The first-order valence-corrected chi connectivity index (χ1v) is 25.4. The molecule has 0 bridgehead atoms. The number of rotatable bonds is 39. The van der Waals surface area contributed by atoms with Crippen LogP contribution in [0.3, 0.4) is 0 Å². The molecular weight excluding hydrogens is 769 g/mol. The van der Waals surface area contributed by atoms with Gasteiger partial charge in [-0.15, -0.1) is 0 Å². The van der Waals surface area contributed by atoms with Gasteiger partial charge in [-0.05, 0) is 124 Å². The van der Waals surface area contributed by atoms with Gasteiger partial charge < -0.3 is 18.9 Å². The van der Waals surface area contributed by atoms with Crippen molar-refractivity contribution in [3.63, 3.8) is 0 Å². The Morgan fingerprint density at radius 1 is 0.435 bits per heavy atom. The number of methoxy groups -OCH3 is 2. The molecule has 0 amide bonds. The minimum Gasteiger partial charge on any atom is -0.493 e. The van der Waals surface area contributed by atoms with E-state index >= 15 is 0 Å². The maximum Gasteiger partial charge on any atom is 0.311 e. The SMILES string of the molecule is CCCCCCCC/C=C\CCCCCCCC(=O)Oc1ccc(C[C@@H](C)[C@@H](C)Cc2ccc(OC(=O)CCCCCCC/C=C\CCCCCCCC)c(OC)c2)cc1OC. The third-order valence-corrected chi connectivity index (χ3v) is 12.3. The molecule has 350 valence electrons. The molecule has 0 aliphatic rings. The van der Waals surface area contributed by atoms with Crippen molar-refractivity contribution in [3.8, 4) is 23.0 Å². The maximum absolute atomic E-state index is 12.7. The molecule has 2 rings (SSSR count). The largest absolute Gasteiger partial charge is 0.493 e. The number of ether oxygens (including phenoxy) is 4. The molecule has 0 aliphatic carbocycles. The molecule has 6 nitrogen and oxygen atoms in total. The van der Waals surface area contributed by atoms with Crippen LogP contribution >= 0.6 is 0 Å². The van der Waals surface area contributed by atoms with Gasteiger partial charge in [-0.3, -0.25) is 9.59 Å². The van der Waals surface area contributed by atoms with Crippen molar-refractivity contribution in [1.29, 1.82) is 0 Å². The van der Waals surface area contributed by atoms with Crippen LogP contribution in [-0.4, -0.2) is 26.2 Å². The van der Waals surface area contributed by atoms with Crippen LogP contribution in [0.1, 0.15) is 219 Å². The number of hydrogen-bond donors (Lipinski definition) is 0. The summed E-state index contributed by atoms with van der Waals surface area (Å²) in [6.07, 6.45) is 44.0. The summed E-state index contributed by atoms with van der Waals surface area (Å²) in [7, 11) is 3.25. The highest BCUT2D eigenvalue weighted by Gasteiger charge is 2.18. The monoisotopic (exact) mass is 859 g/mol. The second-order valence-corrected chi connectivity index (χ2v) is 17.9. The zero-order chi connectivity index (χ0) is 44.9. The van der Waals surface area contributed by atoms with Gasteiger partial charge in [0, 0.05) is 12.8 Å². The Kier molecular flexibility index (Phi) is 32.5. The van der Waals surface area contributed by atoms with Gasteiger partial charge in [-0.1, -0.05) is 167 Å². The Morgan fingerprint density at radius 3 is 1.06 bits per heavy atom. The second-order valence-electron chi connectivity index (χ2n) is 17.9. The van der Waals surface area contributed by atoms with E-state index in [1.165, 1.54) is 116 Å². The molecule has 0 fully saturated rings. The zero-order valence-electron chi connectivity index (χ0n) is 40.6. The van der Waals surface area contributed by atoms with Gasteiger partial charge in [0.2, 0.25) is 0 Å². The Balaban J connectivity index is 1.64. The molecule has 0 aromatic heterocycles. The van der Waals surface area contributed by atoms with E-state index < -0.39 is 0 Å². The molecule has 0 radical (unpaired) electrons. The Bertz CT molecular complexity index is 1380. The number of benzene rings is 2. The highest BCUT2D eigenvalue weighted by molar-refractivity contribution is 5.73. The first-order valence-electron chi connectivity index (χ1n) is 25.4. The predicted molar refractivity (Wildman–Crippen MR) is 262 cm³/mol. The number of esters is 2. The van der Waals surface area contributed by atoms with E-state index in [1.54, 1.807) is 14.2 Å². The van der Waals surface area contributed by atoms with Gasteiger partial charge >= 0.3 is 11.9 Å². The summed E-state index contributed by atoms with van der Waals surface area (Å²) in [4.78, 5) is 25.4. The Labute approximate surface area is 380 Å². The molecule has 6 heteroatoms. The fourth-order valence-electron chi connectivity index (χ4n) is 8.02. The molecule has 0 heterocycles. The molecular formula is C56H90O6. The Morgan fingerprint density at radius 2 is 0.742 bits per heavy atom. The van der Waals surface area contributed by atoms with E-state index in [2.05, 4.69) is 52.0 Å². The number of carbonyl (C=O) groups is 2. The summed E-state index contributed by atoms with van der Waals surface area (Å²) in [6, 6.07) is 11.8. The average Bonchev–Trinajstić information content (AvgIpc) is 3.27. The van der Waals surface area contributed by atoms with Crippen LogP contribution in [0.15, 0.2) is 60.7 Å². The molecule has 0 unspecified atom stereocenters. The van der Waals surface area contributed by atoms with Crippen LogP contribution in [0.4, 0.5) is 0 Å². The average molecular weight is 859 g/mol. The van der Waals surface area contributed by atoms with Crippen molar-refractivity contribution in [1.82, 2.24) is 0 Å². The van der Waals surface area contributed by atoms with Gasteiger partial charge in [0.1, 0.15) is 0 Å². The summed E-state index contributed by atoms with van der Waals surface area (Å²) in [5.74, 6) is 2.49. The Hall–Kier alpha value is -3.54. The van der Waals surface area contributed by atoms with E-state index in [9.17, 15) is 9.59 Å². The summed E-state index contributed by atoms with van der Waals surface area (Å²) in [6.45, 7) is 9.06. The van der Waals surface area contributed by atoms with Gasteiger partial charge in [0.15, 0.2) is 23.0 Å². The molecule has 62 heavy (non-hydrogen) atoms. The van der Waals surface area contributed by atoms with Crippen molar-refractivity contribution in [2.45, 2.75) is 220 Å². The van der Waals surface area contributed by atoms with Crippen LogP contribution in [0.25, 0.3) is 0 Å². The number of hydrogen-bond acceptors (Lipinski definition) is 6. The summed E-state index contributed by atoms with van der Waals surface area (Å²) in [5.41, 5.74) is 2.29. The van der Waals surface area contributed by atoms with E-state index in [1.807, 2.05) is 36.4 Å². The van der Waals surface area contributed by atoms with Crippen molar-refractivity contribution in [3.05, 3.63) is 71.8 Å². The third-order valence-electron chi connectivity index (χ3n) is 12.3. The number of unbranched alkanes of at least 4 members (excludes halogenated alkanes) is 22. The van der Waals surface area contributed by atoms with E-state index in [4.69, 9.17) is 18.9 Å². The lowest BCUT2D eigenvalue weighted by Gasteiger charge is -2.21. The summed E-state index contributed by atoms with van der Waals surface area (Å²) < 4.78 is 22.8. The van der Waals surface area contributed by atoms with Crippen LogP contribution in [0.2, 0.25) is 0 Å². The van der Waals surface area contributed by atoms with Crippen LogP contribution in [-0.2, 0) is 22.4 Å². The first kappa shape index (κ1) is 54.6. The van der Waals surface area contributed by atoms with E-state index in [0.29, 0.717) is 47.7 Å². The van der Waals surface area contributed by atoms with Gasteiger partial charge in [0.05, 0.1) is 14.2 Å². The lowest BCUT2D eigenvalue weighted by molar-refractivity contribution is -0.135. The molecule has 0 N–H and O–H groups in total. The quantitative estimate of drug-likeness (QED) is 0.0289. The third kappa shape index (κ3) is 26.8. The first-order chi connectivity index (χ1) is 30.3. The normalized spacial score (nSPS) is 12.5. The molecule has 2 atom stereocenters. The molecule has 0 saturated carbocycles. The van der Waals surface area contributed by atoms with Gasteiger partial charge in [0.25, 0.3) is 0 Å². The van der Waals surface area contributed by atoms with Crippen molar-refractivity contribution < 1.29 is 28.5 Å². The molecule has 0 spiro atoms. The van der Waals surface area contributed by atoms with Crippen LogP contribution < -0.4 is 18.9 Å². The smallest absolute Gasteiger partial charge is 0.311 e. The van der Waals surface area contributed by atoms with Crippen LogP contribution in [0, 0.1) is 11.8 Å². The topological polar surface area (TPSA) is 71.1 Å². The maximum atomic E-state index is 12.7. The van der Waals surface area contributed by atoms with Crippen LogP contribution in [0.5, 0.6) is 23.0 Å². The fraction of sp³-hybridized carbons (Fsp3) is 0.679. The van der Waals surface area contributed by atoms with E-state index in [-0.39, 0.29) is 11.9 Å². The lowest BCUT2D eigenvalue weighted by atomic mass is 9.85.